The molecule has 154 valence electrons. The van der Waals surface area contributed by atoms with E-state index in [1.807, 2.05) is 47.4 Å². The van der Waals surface area contributed by atoms with Crippen molar-refractivity contribution in [1.82, 2.24) is 14.8 Å². The molecule has 0 saturated carbocycles. The number of likely N-dealkylation sites (tertiary alicyclic amines) is 1. The van der Waals surface area contributed by atoms with Crippen LogP contribution in [0.3, 0.4) is 0 Å². The second kappa shape index (κ2) is 8.66. The van der Waals surface area contributed by atoms with Gasteiger partial charge in [-0.2, -0.15) is 0 Å². The zero-order valence-corrected chi connectivity index (χ0v) is 17.5. The summed E-state index contributed by atoms with van der Waals surface area (Å²) in [6, 6.07) is 17.5. The second-order valence-corrected chi connectivity index (χ2v) is 8.25. The van der Waals surface area contributed by atoms with Crippen molar-refractivity contribution in [3.63, 3.8) is 0 Å². The van der Waals surface area contributed by atoms with E-state index >= 15 is 0 Å². The first kappa shape index (κ1) is 20.1. The van der Waals surface area contributed by atoms with Gasteiger partial charge in [-0.15, -0.1) is 0 Å². The van der Waals surface area contributed by atoms with Crippen molar-refractivity contribution < 1.29 is 9.59 Å². The highest BCUT2D eigenvalue weighted by atomic mass is 16.2. The van der Waals surface area contributed by atoms with E-state index in [-0.39, 0.29) is 11.8 Å². The lowest BCUT2D eigenvalue weighted by Gasteiger charge is -2.32. The van der Waals surface area contributed by atoms with Gasteiger partial charge in [0.1, 0.15) is 0 Å². The Balaban J connectivity index is 1.34. The number of pyridine rings is 1. The normalized spacial score (nSPS) is 14.7. The summed E-state index contributed by atoms with van der Waals surface area (Å²) >= 11 is 0. The molecule has 4 rings (SSSR count). The predicted octanol–water partition coefficient (Wildman–Crippen LogP) is 4.03. The molecule has 1 aromatic heterocycles. The van der Waals surface area contributed by atoms with E-state index < -0.39 is 0 Å². The van der Waals surface area contributed by atoms with Gasteiger partial charge in [-0.3, -0.25) is 14.6 Å². The molecule has 2 aromatic carbocycles. The average Bonchev–Trinajstić information content (AvgIpc) is 2.79. The van der Waals surface area contributed by atoms with Crippen molar-refractivity contribution in [3.05, 3.63) is 77.5 Å². The highest BCUT2D eigenvalue weighted by Gasteiger charge is 2.24. The first-order valence-electron chi connectivity index (χ1n) is 10.5. The Hall–Kier alpha value is -3.21. The summed E-state index contributed by atoms with van der Waals surface area (Å²) < 4.78 is 0. The van der Waals surface area contributed by atoms with Crippen LogP contribution < -0.4 is 0 Å². The van der Waals surface area contributed by atoms with E-state index in [1.54, 1.807) is 25.2 Å². The fourth-order valence-corrected chi connectivity index (χ4v) is 4.11. The van der Waals surface area contributed by atoms with Crippen LogP contribution in [0.4, 0.5) is 0 Å². The Morgan fingerprint density at radius 2 is 1.70 bits per heavy atom. The first-order chi connectivity index (χ1) is 14.5. The van der Waals surface area contributed by atoms with Crippen LogP contribution in [-0.2, 0) is 6.42 Å². The van der Waals surface area contributed by atoms with Crippen molar-refractivity contribution >= 4 is 22.7 Å². The number of hydrogen-bond acceptors (Lipinski definition) is 3. The van der Waals surface area contributed by atoms with E-state index in [4.69, 9.17) is 0 Å². The Morgan fingerprint density at radius 3 is 2.40 bits per heavy atom. The summed E-state index contributed by atoms with van der Waals surface area (Å²) in [4.78, 5) is 32.8. The summed E-state index contributed by atoms with van der Waals surface area (Å²) in [5.74, 6) is 0.689. The van der Waals surface area contributed by atoms with Gasteiger partial charge in [-0.25, -0.2) is 0 Å². The molecule has 5 nitrogen and oxygen atoms in total. The molecule has 1 aliphatic rings. The number of fused-ring (bicyclic) bond motifs is 1. The van der Waals surface area contributed by atoms with Gasteiger partial charge in [0.05, 0.1) is 5.52 Å². The van der Waals surface area contributed by atoms with Crippen molar-refractivity contribution in [2.75, 3.05) is 27.2 Å². The number of carbonyl (C=O) groups is 2. The number of carbonyl (C=O) groups excluding carboxylic acids is 2. The lowest BCUT2D eigenvalue weighted by Crippen LogP contribution is -2.38. The van der Waals surface area contributed by atoms with Gasteiger partial charge in [-0.1, -0.05) is 18.2 Å². The Morgan fingerprint density at radius 1 is 1.00 bits per heavy atom. The molecule has 0 spiro atoms. The van der Waals surface area contributed by atoms with Gasteiger partial charge in [0.15, 0.2) is 0 Å². The van der Waals surface area contributed by atoms with E-state index in [2.05, 4.69) is 17.1 Å². The smallest absolute Gasteiger partial charge is 0.253 e. The molecule has 0 aliphatic carbocycles. The van der Waals surface area contributed by atoms with Crippen LogP contribution >= 0.6 is 0 Å². The van der Waals surface area contributed by atoms with E-state index in [0.29, 0.717) is 5.92 Å². The highest BCUT2D eigenvalue weighted by Crippen LogP contribution is 2.24. The zero-order valence-electron chi connectivity index (χ0n) is 17.5. The third kappa shape index (κ3) is 4.35. The first-order valence-corrected chi connectivity index (χ1v) is 10.5. The van der Waals surface area contributed by atoms with Crippen molar-refractivity contribution in [1.29, 1.82) is 0 Å². The molecule has 0 bridgehead atoms. The van der Waals surface area contributed by atoms with E-state index in [9.17, 15) is 9.59 Å². The molecular weight excluding hydrogens is 374 g/mol. The molecule has 0 atom stereocenters. The summed E-state index contributed by atoms with van der Waals surface area (Å²) in [7, 11) is 3.53. The molecule has 3 aromatic rings. The molecule has 1 fully saturated rings. The number of aromatic nitrogens is 1. The van der Waals surface area contributed by atoms with Crippen LogP contribution in [0.5, 0.6) is 0 Å². The second-order valence-electron chi connectivity index (χ2n) is 8.25. The number of benzene rings is 2. The maximum atomic E-state index is 12.9. The molecule has 0 unspecified atom stereocenters. The van der Waals surface area contributed by atoms with E-state index in [0.717, 1.165) is 54.4 Å². The molecule has 0 N–H and O–H groups in total. The van der Waals surface area contributed by atoms with Gasteiger partial charge in [0.25, 0.3) is 11.8 Å². The van der Waals surface area contributed by atoms with Crippen LogP contribution in [0.1, 0.15) is 39.1 Å². The van der Waals surface area contributed by atoms with Crippen molar-refractivity contribution in [2.24, 2.45) is 5.92 Å². The minimum absolute atomic E-state index is 0.0258. The summed E-state index contributed by atoms with van der Waals surface area (Å²) in [5.41, 5.74) is 3.60. The van der Waals surface area contributed by atoms with Gasteiger partial charge in [0, 0.05) is 49.9 Å². The fourth-order valence-electron chi connectivity index (χ4n) is 4.11. The minimum atomic E-state index is 0.0258. The molecule has 30 heavy (non-hydrogen) atoms. The molecule has 1 aliphatic heterocycles. The van der Waals surface area contributed by atoms with Crippen LogP contribution in [0, 0.1) is 5.92 Å². The summed E-state index contributed by atoms with van der Waals surface area (Å²) in [6.07, 6.45) is 4.75. The largest absolute Gasteiger partial charge is 0.345 e. The zero-order chi connectivity index (χ0) is 21.1. The lowest BCUT2D eigenvalue weighted by molar-refractivity contribution is 0.0690. The monoisotopic (exact) mass is 401 g/mol. The number of nitrogens with zero attached hydrogens (tertiary/aromatic N) is 3. The number of piperidine rings is 1. The molecular formula is C25H27N3O2. The molecule has 2 heterocycles. The van der Waals surface area contributed by atoms with Crippen LogP contribution in [-0.4, -0.2) is 53.8 Å². The topological polar surface area (TPSA) is 53.5 Å². The average molecular weight is 402 g/mol. The standard InChI is InChI=1S/C25H27N3O2/c1-27(2)24(29)20-7-5-18(6-8-20)16-19-11-14-28(15-12-19)25(30)22-9-10-23-21(17-22)4-3-13-26-23/h3-10,13,17,19H,11-12,14-16H2,1-2H3. The van der Waals surface area contributed by atoms with E-state index in [1.165, 1.54) is 5.56 Å². The Kier molecular flexibility index (Phi) is 5.79. The molecule has 0 radical (unpaired) electrons. The van der Waals surface area contributed by atoms with Gasteiger partial charge >= 0.3 is 0 Å². The molecule has 2 amide bonds. The van der Waals surface area contributed by atoms with Gasteiger partial charge in [0.2, 0.25) is 0 Å². The van der Waals surface area contributed by atoms with Gasteiger partial charge in [-0.05, 0) is 67.1 Å². The third-order valence-electron chi connectivity index (χ3n) is 5.88. The maximum absolute atomic E-state index is 12.9. The molecule has 1 saturated heterocycles. The quantitative estimate of drug-likeness (QED) is 0.663. The van der Waals surface area contributed by atoms with Crippen LogP contribution in [0.25, 0.3) is 10.9 Å². The maximum Gasteiger partial charge on any atom is 0.253 e. The molecule has 5 heteroatoms. The number of amides is 2. The van der Waals surface area contributed by atoms with Gasteiger partial charge < -0.3 is 9.80 Å². The SMILES string of the molecule is CN(C)C(=O)c1ccc(CC2CCN(C(=O)c3ccc4ncccc4c3)CC2)cc1. The highest BCUT2D eigenvalue weighted by molar-refractivity contribution is 5.98. The Labute approximate surface area is 177 Å². The van der Waals surface area contributed by atoms with Crippen molar-refractivity contribution in [2.45, 2.75) is 19.3 Å². The minimum Gasteiger partial charge on any atom is -0.345 e. The summed E-state index contributed by atoms with van der Waals surface area (Å²) in [6.45, 7) is 1.57. The van der Waals surface area contributed by atoms with Crippen LogP contribution in [0.2, 0.25) is 0 Å². The van der Waals surface area contributed by atoms with Crippen LogP contribution in [0.15, 0.2) is 60.8 Å². The number of rotatable bonds is 4. The predicted molar refractivity (Wildman–Crippen MR) is 119 cm³/mol. The third-order valence-corrected chi connectivity index (χ3v) is 5.88. The van der Waals surface area contributed by atoms with Crippen molar-refractivity contribution in [3.8, 4) is 0 Å². The Bertz CT molecular complexity index is 1050. The fraction of sp³-hybridized carbons (Fsp3) is 0.320. The lowest BCUT2D eigenvalue weighted by atomic mass is 9.89. The summed E-state index contributed by atoms with van der Waals surface area (Å²) in [5, 5.41) is 0.995. The number of hydrogen-bond donors (Lipinski definition) is 0.